The van der Waals surface area contributed by atoms with Gasteiger partial charge in [0.15, 0.2) is 0 Å². The molecular weight excluding hydrogens is 256 g/mol. The molecule has 1 heterocycles. The summed E-state index contributed by atoms with van der Waals surface area (Å²) in [5, 5.41) is 14.9. The van der Waals surface area contributed by atoms with E-state index in [1.165, 1.54) is 0 Å². The van der Waals surface area contributed by atoms with Crippen molar-refractivity contribution in [2.75, 3.05) is 25.1 Å². The summed E-state index contributed by atoms with van der Waals surface area (Å²) in [6.07, 6.45) is 1.16. The van der Waals surface area contributed by atoms with Gasteiger partial charge in [0.25, 0.3) is 5.91 Å². The molecule has 1 aromatic rings. The van der Waals surface area contributed by atoms with Gasteiger partial charge in [0.1, 0.15) is 0 Å². The molecule has 110 valence electrons. The summed E-state index contributed by atoms with van der Waals surface area (Å²) in [4.78, 5) is 12.0. The van der Waals surface area contributed by atoms with Gasteiger partial charge in [-0.3, -0.25) is 4.79 Å². The van der Waals surface area contributed by atoms with E-state index < -0.39 is 0 Å². The minimum atomic E-state index is -0.157. The molecule has 20 heavy (non-hydrogen) atoms. The summed E-state index contributed by atoms with van der Waals surface area (Å²) in [7, 11) is 0. The second-order valence-corrected chi connectivity index (χ2v) is 5.07. The first-order chi connectivity index (χ1) is 9.63. The molecule has 1 saturated heterocycles. The van der Waals surface area contributed by atoms with Crippen molar-refractivity contribution >= 4 is 11.6 Å². The molecule has 1 aromatic carbocycles. The number of hydrogen-bond donors (Lipinski definition) is 3. The van der Waals surface area contributed by atoms with E-state index in [4.69, 9.17) is 9.84 Å². The number of carbonyl (C=O) groups excluding carboxylic acids is 1. The Morgan fingerprint density at radius 3 is 2.95 bits per heavy atom. The van der Waals surface area contributed by atoms with E-state index in [1.807, 2.05) is 19.1 Å². The largest absolute Gasteiger partial charge is 0.395 e. The standard InChI is InChI=1S/C15H22N2O3/c1-10-12(15(19)16-7-8-18)4-3-5-13(10)17-14-6-9-20-11(14)2/h3-5,11,14,17-18H,6-9H2,1-2H3,(H,16,19). The van der Waals surface area contributed by atoms with Crippen LogP contribution in [0.15, 0.2) is 18.2 Å². The lowest BCUT2D eigenvalue weighted by Gasteiger charge is -2.20. The molecule has 3 N–H and O–H groups in total. The number of carbonyl (C=O) groups is 1. The van der Waals surface area contributed by atoms with E-state index >= 15 is 0 Å². The Kier molecular flexibility index (Phi) is 4.98. The lowest BCUT2D eigenvalue weighted by molar-refractivity contribution is 0.0944. The number of aliphatic hydroxyl groups is 1. The first kappa shape index (κ1) is 14.8. The van der Waals surface area contributed by atoms with E-state index in [0.29, 0.717) is 5.56 Å². The van der Waals surface area contributed by atoms with Crippen LogP contribution in [0, 0.1) is 6.92 Å². The zero-order valence-electron chi connectivity index (χ0n) is 12.0. The van der Waals surface area contributed by atoms with Gasteiger partial charge in [-0.05, 0) is 38.0 Å². The van der Waals surface area contributed by atoms with Gasteiger partial charge in [-0.25, -0.2) is 0 Å². The van der Waals surface area contributed by atoms with Crippen LogP contribution >= 0.6 is 0 Å². The highest BCUT2D eigenvalue weighted by molar-refractivity contribution is 5.97. The van der Waals surface area contributed by atoms with Gasteiger partial charge >= 0.3 is 0 Å². The predicted octanol–water partition coefficient (Wildman–Crippen LogP) is 1.31. The van der Waals surface area contributed by atoms with Crippen molar-refractivity contribution < 1.29 is 14.6 Å². The van der Waals surface area contributed by atoms with Gasteiger partial charge in [0.05, 0.1) is 18.8 Å². The highest BCUT2D eigenvalue weighted by atomic mass is 16.5. The molecule has 5 heteroatoms. The normalized spacial score (nSPS) is 21.8. The fraction of sp³-hybridized carbons (Fsp3) is 0.533. The van der Waals surface area contributed by atoms with Crippen LogP contribution in [0.25, 0.3) is 0 Å². The number of hydrogen-bond acceptors (Lipinski definition) is 4. The van der Waals surface area contributed by atoms with Gasteiger partial charge in [-0.1, -0.05) is 6.07 Å². The van der Waals surface area contributed by atoms with Crippen molar-refractivity contribution in [3.63, 3.8) is 0 Å². The first-order valence-electron chi connectivity index (χ1n) is 7.00. The highest BCUT2D eigenvalue weighted by Crippen LogP contribution is 2.23. The fourth-order valence-electron chi connectivity index (χ4n) is 2.42. The Bertz CT molecular complexity index is 476. The zero-order chi connectivity index (χ0) is 14.5. The molecule has 0 aliphatic carbocycles. The summed E-state index contributed by atoms with van der Waals surface area (Å²) in [5.74, 6) is -0.157. The second kappa shape index (κ2) is 6.72. The van der Waals surface area contributed by atoms with E-state index in [0.717, 1.165) is 24.3 Å². The molecule has 1 aliphatic rings. The molecule has 0 aromatic heterocycles. The SMILES string of the molecule is Cc1c(NC2CCOC2C)cccc1C(=O)NCCO. The molecule has 5 nitrogen and oxygen atoms in total. The minimum absolute atomic E-state index is 0.0559. The van der Waals surface area contributed by atoms with Crippen molar-refractivity contribution in [2.24, 2.45) is 0 Å². The smallest absolute Gasteiger partial charge is 0.251 e. The lowest BCUT2D eigenvalue weighted by Crippen LogP contribution is -2.29. The van der Waals surface area contributed by atoms with Crippen molar-refractivity contribution in [1.29, 1.82) is 0 Å². The molecular formula is C15H22N2O3. The Morgan fingerprint density at radius 1 is 1.50 bits per heavy atom. The Balaban J connectivity index is 2.12. The summed E-state index contributed by atoms with van der Waals surface area (Å²) < 4.78 is 5.54. The molecule has 0 bridgehead atoms. The third kappa shape index (κ3) is 3.29. The summed E-state index contributed by atoms with van der Waals surface area (Å²) >= 11 is 0. The van der Waals surface area contributed by atoms with Crippen molar-refractivity contribution in [1.82, 2.24) is 5.32 Å². The van der Waals surface area contributed by atoms with Gasteiger partial charge < -0.3 is 20.5 Å². The fourth-order valence-corrected chi connectivity index (χ4v) is 2.42. The maximum Gasteiger partial charge on any atom is 0.251 e. The maximum absolute atomic E-state index is 12.0. The third-order valence-electron chi connectivity index (χ3n) is 3.69. The van der Waals surface area contributed by atoms with Crippen LogP contribution in [0.5, 0.6) is 0 Å². The average molecular weight is 278 g/mol. The van der Waals surface area contributed by atoms with Crippen LogP contribution in [0.3, 0.4) is 0 Å². The number of amides is 1. The molecule has 1 amide bonds. The molecule has 2 rings (SSSR count). The van der Waals surface area contributed by atoms with Crippen molar-refractivity contribution in [2.45, 2.75) is 32.4 Å². The number of anilines is 1. The Hall–Kier alpha value is -1.59. The van der Waals surface area contributed by atoms with Gasteiger partial charge in [-0.15, -0.1) is 0 Å². The second-order valence-electron chi connectivity index (χ2n) is 5.07. The predicted molar refractivity (Wildman–Crippen MR) is 78.0 cm³/mol. The average Bonchev–Trinajstić information content (AvgIpc) is 2.84. The molecule has 2 unspecified atom stereocenters. The third-order valence-corrected chi connectivity index (χ3v) is 3.69. The molecule has 0 saturated carbocycles. The molecule has 1 fully saturated rings. The molecule has 1 aliphatic heterocycles. The van der Waals surface area contributed by atoms with Gasteiger partial charge in [0, 0.05) is 24.4 Å². The Labute approximate surface area is 119 Å². The number of ether oxygens (including phenoxy) is 1. The number of aliphatic hydroxyl groups excluding tert-OH is 1. The number of rotatable bonds is 5. The lowest BCUT2D eigenvalue weighted by atomic mass is 10.0. The number of benzene rings is 1. The molecule has 2 atom stereocenters. The minimum Gasteiger partial charge on any atom is -0.395 e. The maximum atomic E-state index is 12.0. The Morgan fingerprint density at radius 2 is 2.30 bits per heavy atom. The highest BCUT2D eigenvalue weighted by Gasteiger charge is 2.24. The van der Waals surface area contributed by atoms with Gasteiger partial charge in [0.2, 0.25) is 0 Å². The van der Waals surface area contributed by atoms with Crippen LogP contribution < -0.4 is 10.6 Å². The van der Waals surface area contributed by atoms with Crippen molar-refractivity contribution in [3.8, 4) is 0 Å². The topological polar surface area (TPSA) is 70.6 Å². The van der Waals surface area contributed by atoms with Crippen LogP contribution in [0.4, 0.5) is 5.69 Å². The number of nitrogens with one attached hydrogen (secondary N) is 2. The summed E-state index contributed by atoms with van der Waals surface area (Å²) in [6, 6.07) is 5.92. The van der Waals surface area contributed by atoms with Crippen LogP contribution in [0.1, 0.15) is 29.3 Å². The van der Waals surface area contributed by atoms with E-state index in [-0.39, 0.29) is 31.2 Å². The zero-order valence-corrected chi connectivity index (χ0v) is 12.0. The van der Waals surface area contributed by atoms with E-state index in [2.05, 4.69) is 17.6 Å². The summed E-state index contributed by atoms with van der Waals surface area (Å²) in [6.45, 7) is 4.96. The molecule has 0 radical (unpaired) electrons. The van der Waals surface area contributed by atoms with Crippen LogP contribution in [-0.4, -0.2) is 42.9 Å². The quantitative estimate of drug-likeness (QED) is 0.759. The molecule has 0 spiro atoms. The van der Waals surface area contributed by atoms with Crippen molar-refractivity contribution in [3.05, 3.63) is 29.3 Å². The van der Waals surface area contributed by atoms with Crippen LogP contribution in [0.2, 0.25) is 0 Å². The van der Waals surface area contributed by atoms with Gasteiger partial charge in [-0.2, -0.15) is 0 Å². The van der Waals surface area contributed by atoms with E-state index in [9.17, 15) is 4.79 Å². The first-order valence-corrected chi connectivity index (χ1v) is 7.00. The monoisotopic (exact) mass is 278 g/mol. The van der Waals surface area contributed by atoms with E-state index in [1.54, 1.807) is 6.07 Å². The van der Waals surface area contributed by atoms with Crippen LogP contribution in [-0.2, 0) is 4.74 Å². The summed E-state index contributed by atoms with van der Waals surface area (Å²) in [5.41, 5.74) is 2.51.